The second-order valence-corrected chi connectivity index (χ2v) is 9.11. The summed E-state index contributed by atoms with van der Waals surface area (Å²) in [5.41, 5.74) is 1.55. The Morgan fingerprint density at radius 2 is 1.74 bits per heavy atom. The van der Waals surface area contributed by atoms with E-state index in [1.54, 1.807) is 54.7 Å². The number of pyridine rings is 1. The smallest absolute Gasteiger partial charge is 0.247 e. The monoisotopic (exact) mass is 436 g/mol. The van der Waals surface area contributed by atoms with E-state index in [4.69, 9.17) is 0 Å². The van der Waals surface area contributed by atoms with Crippen LogP contribution in [0.5, 0.6) is 11.5 Å². The fourth-order valence-electron chi connectivity index (χ4n) is 3.59. The number of Topliss-reactive ketones (excluding diaryl/α,β-unsaturated/α-hetero) is 1. The van der Waals surface area contributed by atoms with Crippen molar-refractivity contribution < 1.29 is 23.4 Å². The van der Waals surface area contributed by atoms with Crippen LogP contribution in [-0.2, 0) is 14.8 Å². The number of rotatable bonds is 4. The van der Waals surface area contributed by atoms with Crippen LogP contribution in [0.1, 0.15) is 17.2 Å². The molecule has 7 nitrogen and oxygen atoms in total. The molecule has 0 spiro atoms. The van der Waals surface area contributed by atoms with Crippen molar-refractivity contribution in [3.63, 3.8) is 0 Å². The number of aromatic nitrogens is 1. The number of ketones is 1. The van der Waals surface area contributed by atoms with Gasteiger partial charge in [0.25, 0.3) is 0 Å². The molecule has 1 fully saturated rings. The van der Waals surface area contributed by atoms with E-state index >= 15 is 0 Å². The minimum Gasteiger partial charge on any atom is -0.508 e. The average molecular weight is 436 g/mol. The molecule has 1 aliphatic heterocycles. The molecule has 2 aromatic carbocycles. The Kier molecular flexibility index (Phi) is 5.58. The molecule has 0 radical (unpaired) electrons. The second-order valence-electron chi connectivity index (χ2n) is 7.20. The Bertz CT molecular complexity index is 1240. The SMILES string of the molecule is O=C1C(=Cc2ccccn2)CN(S(=O)(=O)c2ccc(O)cc2O)CC1c1ccccc1. The third-order valence-electron chi connectivity index (χ3n) is 5.14. The van der Waals surface area contributed by atoms with E-state index in [9.17, 15) is 23.4 Å². The van der Waals surface area contributed by atoms with Crippen LogP contribution in [-0.4, -0.2) is 46.8 Å². The summed E-state index contributed by atoms with van der Waals surface area (Å²) in [7, 11) is -4.14. The van der Waals surface area contributed by atoms with Crippen molar-refractivity contribution in [3.8, 4) is 11.5 Å². The van der Waals surface area contributed by atoms with Crippen molar-refractivity contribution in [3.05, 3.63) is 89.8 Å². The number of carbonyl (C=O) groups is 1. The van der Waals surface area contributed by atoms with Crippen molar-refractivity contribution in [2.24, 2.45) is 0 Å². The molecule has 8 heteroatoms. The highest BCUT2D eigenvalue weighted by Crippen LogP contribution is 2.34. The molecule has 1 aliphatic rings. The number of phenols is 2. The lowest BCUT2D eigenvalue weighted by molar-refractivity contribution is -0.118. The zero-order valence-corrected chi connectivity index (χ0v) is 17.2. The molecule has 0 amide bonds. The van der Waals surface area contributed by atoms with Gasteiger partial charge in [-0.3, -0.25) is 9.78 Å². The normalized spacial score (nSPS) is 18.9. The summed E-state index contributed by atoms with van der Waals surface area (Å²) in [5.74, 6) is -1.66. The van der Waals surface area contributed by atoms with Gasteiger partial charge in [0, 0.05) is 30.9 Å². The first-order chi connectivity index (χ1) is 14.9. The van der Waals surface area contributed by atoms with E-state index in [1.165, 1.54) is 10.4 Å². The maximum atomic E-state index is 13.3. The number of sulfonamides is 1. The number of hydrogen-bond donors (Lipinski definition) is 2. The molecule has 1 aromatic heterocycles. The van der Waals surface area contributed by atoms with Gasteiger partial charge in [-0.05, 0) is 35.9 Å². The van der Waals surface area contributed by atoms with Crippen LogP contribution in [0.15, 0.2) is 83.4 Å². The number of aromatic hydroxyl groups is 2. The molecule has 2 heterocycles. The predicted molar refractivity (Wildman–Crippen MR) is 115 cm³/mol. The third-order valence-corrected chi connectivity index (χ3v) is 7.00. The van der Waals surface area contributed by atoms with Gasteiger partial charge in [-0.2, -0.15) is 4.31 Å². The first kappa shape index (κ1) is 20.8. The average Bonchev–Trinajstić information content (AvgIpc) is 2.76. The molecule has 1 atom stereocenters. The predicted octanol–water partition coefficient (Wildman–Crippen LogP) is 2.93. The molecule has 0 saturated carbocycles. The van der Waals surface area contributed by atoms with E-state index in [1.807, 2.05) is 6.07 Å². The van der Waals surface area contributed by atoms with Gasteiger partial charge in [0.1, 0.15) is 16.4 Å². The molecule has 0 aliphatic carbocycles. The highest BCUT2D eigenvalue weighted by molar-refractivity contribution is 7.89. The third kappa shape index (κ3) is 4.21. The van der Waals surface area contributed by atoms with Crippen LogP contribution < -0.4 is 0 Å². The highest BCUT2D eigenvalue weighted by Gasteiger charge is 2.39. The summed E-state index contributed by atoms with van der Waals surface area (Å²) in [6.07, 6.45) is 3.19. The topological polar surface area (TPSA) is 108 Å². The minimum absolute atomic E-state index is 0.0644. The van der Waals surface area contributed by atoms with Gasteiger partial charge in [0.2, 0.25) is 10.0 Å². The summed E-state index contributed by atoms with van der Waals surface area (Å²) in [6.45, 7) is -0.216. The fraction of sp³-hybridized carbons (Fsp3) is 0.130. The van der Waals surface area contributed by atoms with Crippen molar-refractivity contribution in [1.82, 2.24) is 9.29 Å². The molecule has 1 unspecified atom stereocenters. The van der Waals surface area contributed by atoms with E-state index in [0.717, 1.165) is 12.1 Å². The summed E-state index contributed by atoms with van der Waals surface area (Å²) in [6, 6.07) is 17.6. The molecule has 0 bridgehead atoms. The summed E-state index contributed by atoms with van der Waals surface area (Å²) in [5, 5.41) is 19.7. The van der Waals surface area contributed by atoms with Gasteiger partial charge in [-0.25, -0.2) is 8.42 Å². The zero-order chi connectivity index (χ0) is 22.0. The van der Waals surface area contributed by atoms with E-state index < -0.39 is 21.7 Å². The largest absolute Gasteiger partial charge is 0.508 e. The number of piperidine rings is 1. The van der Waals surface area contributed by atoms with E-state index in [0.29, 0.717) is 16.8 Å². The van der Waals surface area contributed by atoms with Crippen LogP contribution in [0.4, 0.5) is 0 Å². The maximum absolute atomic E-state index is 13.3. The maximum Gasteiger partial charge on any atom is 0.247 e. The van der Waals surface area contributed by atoms with Gasteiger partial charge in [-0.1, -0.05) is 36.4 Å². The van der Waals surface area contributed by atoms with Gasteiger partial charge < -0.3 is 10.2 Å². The lowest BCUT2D eigenvalue weighted by Crippen LogP contribution is -2.44. The Balaban J connectivity index is 1.79. The number of nitrogens with zero attached hydrogens (tertiary/aromatic N) is 2. The van der Waals surface area contributed by atoms with Crippen LogP contribution in [0, 0.1) is 0 Å². The Morgan fingerprint density at radius 3 is 2.42 bits per heavy atom. The fourth-order valence-corrected chi connectivity index (χ4v) is 5.08. The van der Waals surface area contributed by atoms with Crippen LogP contribution in [0.3, 0.4) is 0 Å². The standard InChI is InChI=1S/C23H20N2O5S/c26-19-9-10-22(21(27)13-19)31(29,30)25-14-17(12-18-8-4-5-11-24-18)23(28)20(15-25)16-6-2-1-3-7-16/h1-13,20,26-27H,14-15H2. The van der Waals surface area contributed by atoms with Gasteiger partial charge in [0.15, 0.2) is 5.78 Å². The summed E-state index contributed by atoms with van der Waals surface area (Å²) in [4.78, 5) is 17.1. The minimum atomic E-state index is -4.14. The summed E-state index contributed by atoms with van der Waals surface area (Å²) < 4.78 is 27.8. The second kappa shape index (κ2) is 8.33. The van der Waals surface area contributed by atoms with Crippen molar-refractivity contribution >= 4 is 21.9 Å². The zero-order valence-electron chi connectivity index (χ0n) is 16.4. The number of benzene rings is 2. The van der Waals surface area contributed by atoms with Gasteiger partial charge in [-0.15, -0.1) is 0 Å². The Labute approximate surface area is 180 Å². The first-order valence-electron chi connectivity index (χ1n) is 9.59. The van der Waals surface area contributed by atoms with Crippen molar-refractivity contribution in [1.29, 1.82) is 0 Å². The number of phenolic OH excluding ortho intramolecular Hbond substituents is 2. The van der Waals surface area contributed by atoms with E-state index in [2.05, 4.69) is 4.98 Å². The molecule has 31 heavy (non-hydrogen) atoms. The van der Waals surface area contributed by atoms with Crippen LogP contribution in [0.2, 0.25) is 0 Å². The lowest BCUT2D eigenvalue weighted by atomic mass is 9.87. The Hall–Kier alpha value is -3.49. The number of carbonyl (C=O) groups excluding carboxylic acids is 1. The molecule has 4 rings (SSSR count). The van der Waals surface area contributed by atoms with Gasteiger partial charge in [0.05, 0.1) is 11.6 Å². The molecule has 1 saturated heterocycles. The van der Waals surface area contributed by atoms with Gasteiger partial charge >= 0.3 is 0 Å². The lowest BCUT2D eigenvalue weighted by Gasteiger charge is -2.33. The van der Waals surface area contributed by atoms with Crippen molar-refractivity contribution in [2.45, 2.75) is 10.8 Å². The molecule has 2 N–H and O–H groups in total. The van der Waals surface area contributed by atoms with Crippen LogP contribution >= 0.6 is 0 Å². The first-order valence-corrected chi connectivity index (χ1v) is 11.0. The molecular formula is C23H20N2O5S. The highest BCUT2D eigenvalue weighted by atomic mass is 32.2. The summed E-state index contributed by atoms with van der Waals surface area (Å²) >= 11 is 0. The molecular weight excluding hydrogens is 416 g/mol. The molecule has 3 aromatic rings. The van der Waals surface area contributed by atoms with Crippen LogP contribution in [0.25, 0.3) is 6.08 Å². The van der Waals surface area contributed by atoms with E-state index in [-0.39, 0.29) is 29.5 Å². The number of hydrogen-bond acceptors (Lipinski definition) is 6. The molecule has 158 valence electrons. The Morgan fingerprint density at radius 1 is 1.00 bits per heavy atom. The quantitative estimate of drug-likeness (QED) is 0.609. The van der Waals surface area contributed by atoms with Crippen molar-refractivity contribution in [2.75, 3.05) is 13.1 Å².